The number of rotatable bonds is 8. The Labute approximate surface area is 113 Å². The molecule has 0 saturated heterocycles. The molecule has 0 saturated carbocycles. The second kappa shape index (κ2) is 8.52. The summed E-state index contributed by atoms with van der Waals surface area (Å²) in [7, 11) is 0. The van der Waals surface area contributed by atoms with Gasteiger partial charge in [-0.25, -0.2) is 0 Å². The Hall–Kier alpha value is -0.570. The van der Waals surface area contributed by atoms with Crippen LogP contribution in [0, 0.1) is 11.3 Å². The first-order valence-electron chi connectivity index (χ1n) is 7.33. The summed E-state index contributed by atoms with van der Waals surface area (Å²) < 4.78 is 0. The number of hydrogen-bond donors (Lipinski definition) is 2. The molecule has 3 heteroatoms. The molecular formula is C15H32N2O. The quantitative estimate of drug-likeness (QED) is 0.701. The fraction of sp³-hybridized carbons (Fsp3) is 0.933. The highest BCUT2D eigenvalue weighted by Gasteiger charge is 2.19. The second-order valence-electron chi connectivity index (χ2n) is 6.52. The van der Waals surface area contributed by atoms with Crippen LogP contribution in [0.4, 0.5) is 0 Å². The smallest absolute Gasteiger partial charge is 0.223 e. The minimum atomic E-state index is 0.0534. The summed E-state index contributed by atoms with van der Waals surface area (Å²) in [4.78, 5) is 12.0. The van der Waals surface area contributed by atoms with E-state index in [1.54, 1.807) is 0 Å². The summed E-state index contributed by atoms with van der Waals surface area (Å²) in [6, 6.07) is 0.0534. The van der Waals surface area contributed by atoms with Gasteiger partial charge in [-0.15, -0.1) is 0 Å². The van der Waals surface area contributed by atoms with Gasteiger partial charge in [-0.05, 0) is 24.7 Å². The normalized spacial score (nSPS) is 15.2. The van der Waals surface area contributed by atoms with E-state index in [0.29, 0.717) is 6.54 Å². The predicted octanol–water partition coefficient (Wildman–Crippen LogP) is 3.08. The molecule has 0 aliphatic rings. The summed E-state index contributed by atoms with van der Waals surface area (Å²) in [5.41, 5.74) is 6.25. The standard InChI is InChI=1S/C15H32N2O/c1-6-8-9-12(7-2)14(18)17-11-13(16)10-15(3,4)5/h12-13H,6-11,16H2,1-5H3,(H,17,18). The van der Waals surface area contributed by atoms with E-state index in [9.17, 15) is 4.79 Å². The zero-order chi connectivity index (χ0) is 14.2. The fourth-order valence-electron chi connectivity index (χ4n) is 2.21. The van der Waals surface area contributed by atoms with Gasteiger partial charge in [-0.1, -0.05) is 47.5 Å². The summed E-state index contributed by atoms with van der Waals surface area (Å²) in [6.45, 7) is 11.3. The number of carbonyl (C=O) groups excluding carboxylic acids is 1. The van der Waals surface area contributed by atoms with Gasteiger partial charge in [0.15, 0.2) is 0 Å². The van der Waals surface area contributed by atoms with E-state index in [2.05, 4.69) is 39.9 Å². The van der Waals surface area contributed by atoms with Crippen LogP contribution < -0.4 is 11.1 Å². The Bertz CT molecular complexity index is 233. The zero-order valence-corrected chi connectivity index (χ0v) is 12.9. The molecule has 0 aromatic rings. The first-order chi connectivity index (χ1) is 8.30. The highest BCUT2D eigenvalue weighted by molar-refractivity contribution is 5.78. The van der Waals surface area contributed by atoms with E-state index >= 15 is 0 Å². The van der Waals surface area contributed by atoms with Crippen molar-refractivity contribution in [2.45, 2.75) is 72.8 Å². The third-order valence-corrected chi connectivity index (χ3v) is 3.18. The molecule has 0 aliphatic carbocycles. The monoisotopic (exact) mass is 256 g/mol. The molecule has 3 N–H and O–H groups in total. The molecule has 0 aromatic carbocycles. The number of carbonyl (C=O) groups is 1. The number of hydrogen-bond acceptors (Lipinski definition) is 2. The van der Waals surface area contributed by atoms with Crippen LogP contribution in [0.2, 0.25) is 0 Å². The highest BCUT2D eigenvalue weighted by atomic mass is 16.1. The summed E-state index contributed by atoms with van der Waals surface area (Å²) in [5.74, 6) is 0.335. The van der Waals surface area contributed by atoms with E-state index < -0.39 is 0 Å². The third-order valence-electron chi connectivity index (χ3n) is 3.18. The van der Waals surface area contributed by atoms with E-state index in [0.717, 1.165) is 32.1 Å². The third kappa shape index (κ3) is 8.51. The van der Waals surface area contributed by atoms with E-state index in [1.807, 2.05) is 0 Å². The lowest BCUT2D eigenvalue weighted by Gasteiger charge is -2.24. The van der Waals surface area contributed by atoms with Crippen LogP contribution in [0.3, 0.4) is 0 Å². The number of nitrogens with two attached hydrogens (primary N) is 1. The van der Waals surface area contributed by atoms with Gasteiger partial charge in [0.25, 0.3) is 0 Å². The number of nitrogens with one attached hydrogen (secondary N) is 1. The first kappa shape index (κ1) is 17.4. The van der Waals surface area contributed by atoms with Gasteiger partial charge in [-0.3, -0.25) is 4.79 Å². The van der Waals surface area contributed by atoms with Crippen LogP contribution in [0.15, 0.2) is 0 Å². The van der Waals surface area contributed by atoms with Crippen LogP contribution in [0.1, 0.15) is 66.7 Å². The molecule has 0 fully saturated rings. The van der Waals surface area contributed by atoms with Crippen molar-refractivity contribution in [3.05, 3.63) is 0 Å². The van der Waals surface area contributed by atoms with Crippen LogP contribution in [0.5, 0.6) is 0 Å². The van der Waals surface area contributed by atoms with E-state index in [1.165, 1.54) is 0 Å². The molecule has 18 heavy (non-hydrogen) atoms. The Kier molecular flexibility index (Phi) is 8.25. The molecule has 0 aromatic heterocycles. The molecule has 2 atom stereocenters. The maximum atomic E-state index is 12.0. The Balaban J connectivity index is 3.99. The summed E-state index contributed by atoms with van der Waals surface area (Å²) in [6.07, 6.45) is 5.11. The molecular weight excluding hydrogens is 224 g/mol. The van der Waals surface area contributed by atoms with Gasteiger partial charge in [0.1, 0.15) is 0 Å². The molecule has 3 nitrogen and oxygen atoms in total. The van der Waals surface area contributed by atoms with Crippen molar-refractivity contribution in [2.24, 2.45) is 17.1 Å². The molecule has 0 radical (unpaired) electrons. The first-order valence-corrected chi connectivity index (χ1v) is 7.33. The number of unbranched alkanes of at least 4 members (excludes halogenated alkanes) is 1. The van der Waals surface area contributed by atoms with E-state index in [4.69, 9.17) is 5.73 Å². The topological polar surface area (TPSA) is 55.1 Å². The van der Waals surface area contributed by atoms with Gasteiger partial charge in [0.05, 0.1) is 0 Å². The van der Waals surface area contributed by atoms with Gasteiger partial charge >= 0.3 is 0 Å². The van der Waals surface area contributed by atoms with Crippen molar-refractivity contribution in [3.8, 4) is 0 Å². The minimum absolute atomic E-state index is 0.0534. The van der Waals surface area contributed by atoms with Crippen LogP contribution in [0.25, 0.3) is 0 Å². The van der Waals surface area contributed by atoms with E-state index in [-0.39, 0.29) is 23.3 Å². The second-order valence-corrected chi connectivity index (χ2v) is 6.52. The van der Waals surface area contributed by atoms with Gasteiger partial charge < -0.3 is 11.1 Å². The largest absolute Gasteiger partial charge is 0.354 e. The lowest BCUT2D eigenvalue weighted by Crippen LogP contribution is -2.41. The average Bonchev–Trinajstić information content (AvgIpc) is 2.25. The average molecular weight is 256 g/mol. The molecule has 108 valence electrons. The van der Waals surface area contributed by atoms with Crippen molar-refractivity contribution in [1.82, 2.24) is 5.32 Å². The SMILES string of the molecule is CCCCC(CC)C(=O)NCC(N)CC(C)(C)C. The van der Waals surface area contributed by atoms with Crippen molar-refractivity contribution in [2.75, 3.05) is 6.54 Å². The summed E-state index contributed by atoms with van der Waals surface area (Å²) >= 11 is 0. The van der Waals surface area contributed by atoms with Gasteiger partial charge in [-0.2, -0.15) is 0 Å². The maximum Gasteiger partial charge on any atom is 0.223 e. The minimum Gasteiger partial charge on any atom is -0.354 e. The van der Waals surface area contributed by atoms with Crippen LogP contribution >= 0.6 is 0 Å². The fourth-order valence-corrected chi connectivity index (χ4v) is 2.21. The molecule has 0 rings (SSSR count). The Morgan fingerprint density at radius 2 is 1.89 bits per heavy atom. The van der Waals surface area contributed by atoms with Crippen LogP contribution in [-0.2, 0) is 4.79 Å². The Morgan fingerprint density at radius 1 is 1.28 bits per heavy atom. The predicted molar refractivity (Wildman–Crippen MR) is 78.4 cm³/mol. The lowest BCUT2D eigenvalue weighted by atomic mass is 9.88. The molecule has 0 bridgehead atoms. The van der Waals surface area contributed by atoms with Crippen molar-refractivity contribution in [3.63, 3.8) is 0 Å². The Morgan fingerprint density at radius 3 is 2.33 bits per heavy atom. The maximum absolute atomic E-state index is 12.0. The van der Waals surface area contributed by atoms with Gasteiger partial charge in [0.2, 0.25) is 5.91 Å². The number of amides is 1. The van der Waals surface area contributed by atoms with Crippen molar-refractivity contribution < 1.29 is 4.79 Å². The van der Waals surface area contributed by atoms with Crippen molar-refractivity contribution in [1.29, 1.82) is 0 Å². The summed E-state index contributed by atoms with van der Waals surface area (Å²) in [5, 5.41) is 3.00. The lowest BCUT2D eigenvalue weighted by molar-refractivity contribution is -0.125. The van der Waals surface area contributed by atoms with Crippen molar-refractivity contribution >= 4 is 5.91 Å². The molecule has 0 heterocycles. The molecule has 2 unspecified atom stereocenters. The molecule has 0 aliphatic heterocycles. The molecule has 0 spiro atoms. The molecule has 1 amide bonds. The van der Waals surface area contributed by atoms with Gasteiger partial charge in [0, 0.05) is 18.5 Å². The van der Waals surface area contributed by atoms with Crippen LogP contribution in [-0.4, -0.2) is 18.5 Å². The highest BCUT2D eigenvalue weighted by Crippen LogP contribution is 2.19. The zero-order valence-electron chi connectivity index (χ0n) is 12.9.